The maximum atomic E-state index is 12.2. The highest BCUT2D eigenvalue weighted by molar-refractivity contribution is 5.74. The van der Waals surface area contributed by atoms with E-state index >= 15 is 0 Å². The summed E-state index contributed by atoms with van der Waals surface area (Å²) in [6.07, 6.45) is 1.85. The largest absolute Gasteiger partial charge is 0.496 e. The van der Waals surface area contributed by atoms with Crippen molar-refractivity contribution >= 4 is 6.03 Å². The summed E-state index contributed by atoms with van der Waals surface area (Å²) in [5.41, 5.74) is 2.25. The summed E-state index contributed by atoms with van der Waals surface area (Å²) >= 11 is 0. The zero-order valence-corrected chi connectivity index (χ0v) is 14.6. The van der Waals surface area contributed by atoms with E-state index in [0.717, 1.165) is 24.2 Å². The molecule has 2 amide bonds. The maximum absolute atomic E-state index is 12.2. The summed E-state index contributed by atoms with van der Waals surface area (Å²) in [5.74, 6) is 0.780. The zero-order valence-electron chi connectivity index (χ0n) is 14.6. The van der Waals surface area contributed by atoms with E-state index in [2.05, 4.69) is 22.8 Å². The number of nitrogens with one attached hydrogen (secondary N) is 2. The molecule has 0 heterocycles. The predicted octanol–water partition coefficient (Wildman–Crippen LogP) is 4.08. The van der Waals surface area contributed by atoms with Gasteiger partial charge in [0.2, 0.25) is 0 Å². The third kappa shape index (κ3) is 5.30. The summed E-state index contributed by atoms with van der Waals surface area (Å²) in [4.78, 5) is 12.2. The minimum Gasteiger partial charge on any atom is -0.496 e. The Morgan fingerprint density at radius 2 is 1.67 bits per heavy atom. The first-order chi connectivity index (χ1) is 11.6. The maximum Gasteiger partial charge on any atom is 0.315 e. The van der Waals surface area contributed by atoms with Gasteiger partial charge in [0.15, 0.2) is 0 Å². The lowest BCUT2D eigenvalue weighted by Crippen LogP contribution is -2.42. The molecule has 0 fully saturated rings. The zero-order chi connectivity index (χ0) is 17.4. The van der Waals surface area contributed by atoms with Crippen LogP contribution in [0.2, 0.25) is 0 Å². The van der Waals surface area contributed by atoms with Crippen LogP contribution in [-0.2, 0) is 6.42 Å². The van der Waals surface area contributed by atoms with Gasteiger partial charge in [0.25, 0.3) is 0 Å². The highest BCUT2D eigenvalue weighted by Crippen LogP contribution is 2.24. The second kappa shape index (κ2) is 8.96. The van der Waals surface area contributed by atoms with Crippen LogP contribution >= 0.6 is 0 Å². The molecule has 2 N–H and O–H groups in total. The lowest BCUT2D eigenvalue weighted by Gasteiger charge is -2.20. The summed E-state index contributed by atoms with van der Waals surface area (Å²) in [5, 5.41) is 5.97. The molecule has 0 radical (unpaired) electrons. The molecular weight excluding hydrogens is 300 g/mol. The molecule has 0 saturated carbocycles. The molecule has 2 aromatic rings. The SMILES string of the molecule is COc1ccccc1[C@@H](C)NC(=O)N[C@@H](C)CCc1ccccc1. The summed E-state index contributed by atoms with van der Waals surface area (Å²) in [6, 6.07) is 17.8. The van der Waals surface area contributed by atoms with Crippen molar-refractivity contribution < 1.29 is 9.53 Å². The lowest BCUT2D eigenvalue weighted by atomic mass is 10.1. The first-order valence-electron chi connectivity index (χ1n) is 8.34. The summed E-state index contributed by atoms with van der Waals surface area (Å²) in [7, 11) is 1.64. The van der Waals surface area contributed by atoms with Crippen molar-refractivity contribution in [3.05, 3.63) is 65.7 Å². The van der Waals surface area contributed by atoms with Crippen molar-refractivity contribution in [2.75, 3.05) is 7.11 Å². The number of carbonyl (C=O) groups excluding carboxylic acids is 1. The van der Waals surface area contributed by atoms with E-state index in [1.54, 1.807) is 7.11 Å². The Balaban J connectivity index is 1.81. The van der Waals surface area contributed by atoms with Crippen LogP contribution in [0.4, 0.5) is 4.79 Å². The number of ether oxygens (including phenoxy) is 1. The van der Waals surface area contributed by atoms with Crippen molar-refractivity contribution in [3.8, 4) is 5.75 Å². The standard InChI is InChI=1S/C20H26N2O2/c1-15(13-14-17-9-5-4-6-10-17)21-20(23)22-16(2)18-11-7-8-12-19(18)24-3/h4-12,15-16H,13-14H2,1-3H3,(H2,21,22,23)/t15-,16+/m0/s1. The number of amides is 2. The molecule has 2 aromatic carbocycles. The molecule has 0 spiro atoms. The Morgan fingerprint density at radius 1 is 1.00 bits per heavy atom. The third-order valence-electron chi connectivity index (χ3n) is 4.04. The number of urea groups is 1. The Hall–Kier alpha value is -2.49. The third-order valence-corrected chi connectivity index (χ3v) is 4.04. The fraction of sp³-hybridized carbons (Fsp3) is 0.350. The minimum atomic E-state index is -0.158. The van der Waals surface area contributed by atoms with Crippen molar-refractivity contribution in [2.24, 2.45) is 0 Å². The van der Waals surface area contributed by atoms with E-state index in [0.29, 0.717) is 0 Å². The first-order valence-corrected chi connectivity index (χ1v) is 8.34. The van der Waals surface area contributed by atoms with Gasteiger partial charge in [-0.2, -0.15) is 0 Å². The molecule has 0 aliphatic rings. The van der Waals surface area contributed by atoms with E-state index in [1.165, 1.54) is 5.56 Å². The number of benzene rings is 2. The van der Waals surface area contributed by atoms with E-state index in [4.69, 9.17) is 4.74 Å². The summed E-state index contributed by atoms with van der Waals surface area (Å²) < 4.78 is 5.34. The normalized spacial score (nSPS) is 13.0. The average molecular weight is 326 g/mol. The molecule has 2 rings (SSSR count). The van der Waals surface area contributed by atoms with Crippen molar-refractivity contribution in [3.63, 3.8) is 0 Å². The molecule has 2 atom stereocenters. The van der Waals surface area contributed by atoms with Gasteiger partial charge in [0.05, 0.1) is 13.2 Å². The summed E-state index contributed by atoms with van der Waals surface area (Å²) in [6.45, 7) is 3.97. The number of carbonyl (C=O) groups is 1. The average Bonchev–Trinajstić information content (AvgIpc) is 2.60. The van der Waals surface area contributed by atoms with Gasteiger partial charge >= 0.3 is 6.03 Å². The fourth-order valence-electron chi connectivity index (χ4n) is 2.66. The van der Waals surface area contributed by atoms with Crippen molar-refractivity contribution in [2.45, 2.75) is 38.8 Å². The molecule has 0 aliphatic heterocycles. The Morgan fingerprint density at radius 3 is 2.38 bits per heavy atom. The smallest absolute Gasteiger partial charge is 0.315 e. The van der Waals surface area contributed by atoms with Gasteiger partial charge in [-0.15, -0.1) is 0 Å². The highest BCUT2D eigenvalue weighted by Gasteiger charge is 2.14. The van der Waals surface area contributed by atoms with Gasteiger partial charge < -0.3 is 15.4 Å². The highest BCUT2D eigenvalue weighted by atomic mass is 16.5. The van der Waals surface area contributed by atoms with Crippen LogP contribution < -0.4 is 15.4 Å². The first kappa shape index (κ1) is 17.9. The van der Waals surface area contributed by atoms with Gasteiger partial charge in [-0.3, -0.25) is 0 Å². The Kier molecular flexibility index (Phi) is 6.67. The number of hydrogen-bond donors (Lipinski definition) is 2. The van der Waals surface area contributed by atoms with E-state index in [1.807, 2.05) is 56.3 Å². The molecule has 0 aromatic heterocycles. The minimum absolute atomic E-state index is 0.107. The van der Waals surface area contributed by atoms with Gasteiger partial charge in [-0.1, -0.05) is 48.5 Å². The molecule has 0 unspecified atom stereocenters. The van der Waals surface area contributed by atoms with Crippen LogP contribution in [0.3, 0.4) is 0 Å². The number of methoxy groups -OCH3 is 1. The molecule has 4 nitrogen and oxygen atoms in total. The molecular formula is C20H26N2O2. The van der Waals surface area contributed by atoms with Gasteiger partial charge in [0, 0.05) is 11.6 Å². The number of hydrogen-bond acceptors (Lipinski definition) is 2. The van der Waals surface area contributed by atoms with Gasteiger partial charge in [-0.25, -0.2) is 4.79 Å². The Labute approximate surface area is 144 Å². The topological polar surface area (TPSA) is 50.4 Å². The molecule has 4 heteroatoms. The van der Waals surface area contributed by atoms with E-state index < -0.39 is 0 Å². The van der Waals surface area contributed by atoms with E-state index in [-0.39, 0.29) is 18.1 Å². The van der Waals surface area contributed by atoms with Crippen LogP contribution in [0.25, 0.3) is 0 Å². The lowest BCUT2D eigenvalue weighted by molar-refractivity contribution is 0.234. The number of aryl methyl sites for hydroxylation is 1. The van der Waals surface area contributed by atoms with Crippen LogP contribution in [0.15, 0.2) is 54.6 Å². The second-order valence-corrected chi connectivity index (χ2v) is 6.01. The molecule has 0 aliphatic carbocycles. The molecule has 128 valence electrons. The monoisotopic (exact) mass is 326 g/mol. The number of para-hydroxylation sites is 1. The van der Waals surface area contributed by atoms with Gasteiger partial charge in [-0.05, 0) is 38.3 Å². The quantitative estimate of drug-likeness (QED) is 0.805. The molecule has 24 heavy (non-hydrogen) atoms. The van der Waals surface area contributed by atoms with Crippen molar-refractivity contribution in [1.82, 2.24) is 10.6 Å². The van der Waals surface area contributed by atoms with Crippen LogP contribution in [0, 0.1) is 0 Å². The van der Waals surface area contributed by atoms with E-state index in [9.17, 15) is 4.79 Å². The van der Waals surface area contributed by atoms with Crippen LogP contribution in [0.1, 0.15) is 37.4 Å². The molecule has 0 bridgehead atoms. The van der Waals surface area contributed by atoms with Crippen LogP contribution in [0.5, 0.6) is 5.75 Å². The van der Waals surface area contributed by atoms with Crippen LogP contribution in [-0.4, -0.2) is 19.2 Å². The Bertz CT molecular complexity index is 643. The van der Waals surface area contributed by atoms with Crippen molar-refractivity contribution in [1.29, 1.82) is 0 Å². The van der Waals surface area contributed by atoms with Gasteiger partial charge in [0.1, 0.15) is 5.75 Å². The predicted molar refractivity (Wildman–Crippen MR) is 97.3 cm³/mol. The molecule has 0 saturated heterocycles. The number of rotatable bonds is 7. The second-order valence-electron chi connectivity index (χ2n) is 6.01. The fourth-order valence-corrected chi connectivity index (χ4v) is 2.66.